The Labute approximate surface area is 284 Å². The summed E-state index contributed by atoms with van der Waals surface area (Å²) < 4.78 is 20.7. The van der Waals surface area contributed by atoms with Crippen LogP contribution in [0.4, 0.5) is 4.39 Å². The van der Waals surface area contributed by atoms with Crippen molar-refractivity contribution in [2.75, 3.05) is 74.1 Å². The van der Waals surface area contributed by atoms with E-state index in [0.717, 1.165) is 22.5 Å². The molecule has 2 aromatic carbocycles. The van der Waals surface area contributed by atoms with Crippen LogP contribution in [-0.4, -0.2) is 145 Å². The molecule has 1 fully saturated rings. The molecule has 1 aromatic heterocycles. The molecule has 3 aromatic rings. The van der Waals surface area contributed by atoms with Gasteiger partial charge >= 0.3 is 0 Å². The van der Waals surface area contributed by atoms with Gasteiger partial charge in [0.2, 0.25) is 23.6 Å². The lowest BCUT2D eigenvalue weighted by Crippen LogP contribution is -2.60. The molecule has 0 unspecified atom stereocenters. The SMILES string of the molecule is CN(C)CCNC(=O)[C@@H]1CCC(=O)N(C)CC(=O)N2CCN(C(=O)Cc3c[nH]c4ccccc34)C[C@H]2COc2ccc(F)cc2C(=O)N1C. The maximum absolute atomic E-state index is 14.6. The highest BCUT2D eigenvalue weighted by Crippen LogP contribution is 2.25. The number of para-hydroxylation sites is 1. The molecule has 5 rings (SSSR count). The van der Waals surface area contributed by atoms with Gasteiger partial charge in [-0.15, -0.1) is 0 Å². The average Bonchev–Trinajstić information content (AvgIpc) is 3.48. The van der Waals surface area contributed by atoms with Crippen molar-refractivity contribution in [1.82, 2.24) is 34.8 Å². The summed E-state index contributed by atoms with van der Waals surface area (Å²) in [4.78, 5) is 78.5. The van der Waals surface area contributed by atoms with Crippen molar-refractivity contribution in [3.8, 4) is 5.75 Å². The van der Waals surface area contributed by atoms with E-state index < -0.39 is 29.7 Å². The summed E-state index contributed by atoms with van der Waals surface area (Å²) in [6, 6.07) is 9.61. The zero-order valence-corrected chi connectivity index (χ0v) is 28.4. The molecule has 0 aliphatic carbocycles. The molecule has 2 N–H and O–H groups in total. The summed E-state index contributed by atoms with van der Waals surface area (Å²) in [5, 5.41) is 3.78. The summed E-state index contributed by atoms with van der Waals surface area (Å²) in [5.41, 5.74) is 1.69. The minimum absolute atomic E-state index is 0.0151. The second-order valence-electron chi connectivity index (χ2n) is 12.9. The average molecular weight is 678 g/mol. The van der Waals surface area contributed by atoms with Crippen molar-refractivity contribution in [2.45, 2.75) is 31.3 Å². The van der Waals surface area contributed by atoms with Crippen molar-refractivity contribution in [3.63, 3.8) is 0 Å². The number of nitrogens with zero attached hydrogens (tertiary/aromatic N) is 5. The molecule has 0 bridgehead atoms. The van der Waals surface area contributed by atoms with Gasteiger partial charge in [0.15, 0.2) is 0 Å². The third-order valence-electron chi connectivity index (χ3n) is 9.15. The van der Waals surface area contributed by atoms with E-state index in [2.05, 4.69) is 10.3 Å². The van der Waals surface area contributed by atoms with Crippen LogP contribution < -0.4 is 10.1 Å². The minimum atomic E-state index is -1.05. The number of H-pyrrole nitrogens is 1. The number of fused-ring (bicyclic) bond motifs is 3. The molecular weight excluding hydrogens is 633 g/mol. The number of aromatic amines is 1. The van der Waals surface area contributed by atoms with E-state index in [9.17, 15) is 28.4 Å². The fourth-order valence-corrected chi connectivity index (χ4v) is 6.27. The predicted octanol–water partition coefficient (Wildman–Crippen LogP) is 1.34. The number of rotatable bonds is 6. The van der Waals surface area contributed by atoms with Crippen LogP contribution in [0.3, 0.4) is 0 Å². The highest BCUT2D eigenvalue weighted by Gasteiger charge is 2.36. The van der Waals surface area contributed by atoms with Crippen molar-refractivity contribution < 1.29 is 33.1 Å². The lowest BCUT2D eigenvalue weighted by molar-refractivity contribution is -0.146. The largest absolute Gasteiger partial charge is 0.491 e. The Morgan fingerprint density at radius 3 is 2.61 bits per heavy atom. The van der Waals surface area contributed by atoms with Crippen LogP contribution in [0.1, 0.15) is 28.8 Å². The standard InChI is InChI=1S/C35H44FN7O6/c1-39(2)14-13-37-34(47)29-10-12-31(44)40(3)21-33(46)43-16-15-42(32(45)17-23-19-38-28-8-6-5-7-26(23)28)20-25(43)22-49-30-11-9-24(36)18-27(30)35(48)41(29)4/h5-9,11,18-19,25,29,38H,10,12-17,20-22H2,1-4H3,(H,37,47)/t25-,29-/m0/s1. The van der Waals surface area contributed by atoms with Crippen LogP contribution in [0.25, 0.3) is 10.9 Å². The molecule has 3 heterocycles. The fraction of sp³-hybridized carbons (Fsp3) is 0.457. The summed E-state index contributed by atoms with van der Waals surface area (Å²) in [7, 11) is 6.68. The first-order valence-corrected chi connectivity index (χ1v) is 16.4. The number of likely N-dealkylation sites (N-methyl/N-ethyl adjacent to an activating group) is 3. The second-order valence-corrected chi connectivity index (χ2v) is 12.9. The Morgan fingerprint density at radius 2 is 1.84 bits per heavy atom. The minimum Gasteiger partial charge on any atom is -0.491 e. The number of nitrogens with one attached hydrogen (secondary N) is 2. The smallest absolute Gasteiger partial charge is 0.258 e. The number of aromatic nitrogens is 1. The molecule has 0 saturated carbocycles. The zero-order chi connectivity index (χ0) is 35.2. The third-order valence-corrected chi connectivity index (χ3v) is 9.15. The van der Waals surface area contributed by atoms with Gasteiger partial charge in [-0.3, -0.25) is 24.0 Å². The van der Waals surface area contributed by atoms with E-state index in [-0.39, 0.29) is 81.1 Å². The van der Waals surface area contributed by atoms with E-state index in [4.69, 9.17) is 4.74 Å². The fourth-order valence-electron chi connectivity index (χ4n) is 6.27. The first kappa shape index (κ1) is 35.3. The molecule has 49 heavy (non-hydrogen) atoms. The molecule has 0 radical (unpaired) electrons. The normalized spacial score (nSPS) is 19.7. The van der Waals surface area contributed by atoms with E-state index in [1.54, 1.807) is 9.80 Å². The predicted molar refractivity (Wildman–Crippen MR) is 180 cm³/mol. The van der Waals surface area contributed by atoms with Crippen LogP contribution >= 0.6 is 0 Å². The molecule has 5 amide bonds. The van der Waals surface area contributed by atoms with Crippen molar-refractivity contribution in [2.24, 2.45) is 0 Å². The first-order valence-electron chi connectivity index (χ1n) is 16.4. The Balaban J connectivity index is 1.40. The number of benzene rings is 2. The van der Waals surface area contributed by atoms with Gasteiger partial charge in [-0.1, -0.05) is 18.2 Å². The third kappa shape index (κ3) is 8.37. The van der Waals surface area contributed by atoms with Crippen molar-refractivity contribution in [1.29, 1.82) is 0 Å². The number of piperazine rings is 1. The maximum Gasteiger partial charge on any atom is 0.258 e. The molecule has 13 nitrogen and oxygen atoms in total. The number of amides is 5. The Bertz CT molecular complexity index is 1710. The van der Waals surface area contributed by atoms with Crippen LogP contribution in [0.2, 0.25) is 0 Å². The molecule has 2 aliphatic rings. The number of halogens is 1. The maximum atomic E-state index is 14.6. The van der Waals surface area contributed by atoms with Crippen LogP contribution in [0.15, 0.2) is 48.7 Å². The van der Waals surface area contributed by atoms with Gasteiger partial charge in [0.1, 0.15) is 24.2 Å². The Morgan fingerprint density at radius 1 is 1.06 bits per heavy atom. The number of hydrogen-bond acceptors (Lipinski definition) is 7. The van der Waals surface area contributed by atoms with E-state index in [0.29, 0.717) is 13.1 Å². The molecule has 14 heteroatoms. The first-order chi connectivity index (χ1) is 23.4. The highest BCUT2D eigenvalue weighted by atomic mass is 19.1. The number of carbonyl (C=O) groups excluding carboxylic acids is 5. The lowest BCUT2D eigenvalue weighted by atomic mass is 10.1. The van der Waals surface area contributed by atoms with Gasteiger partial charge in [0, 0.05) is 70.3 Å². The highest BCUT2D eigenvalue weighted by molar-refractivity contribution is 5.99. The zero-order valence-electron chi connectivity index (χ0n) is 28.4. The molecule has 2 atom stereocenters. The van der Waals surface area contributed by atoms with Gasteiger partial charge in [-0.05, 0) is 50.3 Å². The second kappa shape index (κ2) is 15.5. The number of hydrogen-bond donors (Lipinski definition) is 2. The van der Waals surface area contributed by atoms with E-state index >= 15 is 0 Å². The van der Waals surface area contributed by atoms with Gasteiger partial charge in [-0.2, -0.15) is 0 Å². The van der Waals surface area contributed by atoms with Gasteiger partial charge in [0.05, 0.1) is 24.6 Å². The molecule has 0 spiro atoms. The van der Waals surface area contributed by atoms with Crippen LogP contribution in [0.5, 0.6) is 5.75 Å². The summed E-state index contributed by atoms with van der Waals surface area (Å²) >= 11 is 0. The Hall–Kier alpha value is -4.98. The van der Waals surface area contributed by atoms with E-state index in [1.807, 2.05) is 49.5 Å². The Kier molecular flexibility index (Phi) is 11.2. The summed E-state index contributed by atoms with van der Waals surface area (Å²) in [6.07, 6.45) is 1.86. The topological polar surface area (TPSA) is 139 Å². The lowest BCUT2D eigenvalue weighted by Gasteiger charge is -2.41. The summed E-state index contributed by atoms with van der Waals surface area (Å²) in [6.45, 7) is 1.22. The number of carbonyl (C=O) groups is 5. The molecule has 262 valence electrons. The van der Waals surface area contributed by atoms with Crippen molar-refractivity contribution >= 4 is 40.4 Å². The number of ether oxygens (including phenoxy) is 1. The molecule has 1 saturated heterocycles. The monoisotopic (exact) mass is 677 g/mol. The molecular formula is C35H44FN7O6. The van der Waals surface area contributed by atoms with Crippen molar-refractivity contribution in [3.05, 3.63) is 65.6 Å². The van der Waals surface area contributed by atoms with Gasteiger partial charge in [0.25, 0.3) is 5.91 Å². The van der Waals surface area contributed by atoms with Gasteiger partial charge < -0.3 is 39.5 Å². The van der Waals surface area contributed by atoms with Gasteiger partial charge in [-0.25, -0.2) is 4.39 Å². The van der Waals surface area contributed by atoms with Crippen LogP contribution in [-0.2, 0) is 25.6 Å². The quantitative estimate of drug-likeness (QED) is 0.402. The summed E-state index contributed by atoms with van der Waals surface area (Å²) in [5.74, 6) is -2.53. The van der Waals surface area contributed by atoms with Crippen LogP contribution in [0, 0.1) is 5.82 Å². The van der Waals surface area contributed by atoms with E-state index in [1.165, 1.54) is 36.0 Å². The molecule has 2 aliphatic heterocycles.